The van der Waals surface area contributed by atoms with Gasteiger partial charge in [-0.25, -0.2) is 9.82 Å². The summed E-state index contributed by atoms with van der Waals surface area (Å²) >= 11 is 0. The Hall–Kier alpha value is -2.76. The van der Waals surface area contributed by atoms with Crippen molar-refractivity contribution in [2.24, 2.45) is 5.10 Å². The molecule has 0 unspecified atom stereocenters. The van der Waals surface area contributed by atoms with Gasteiger partial charge in [0, 0.05) is 12.4 Å². The van der Waals surface area contributed by atoms with Crippen LogP contribution in [0.2, 0.25) is 0 Å². The number of carbonyl (C=O) groups is 1. The van der Waals surface area contributed by atoms with E-state index in [1.165, 1.54) is 18.3 Å². The molecular weight excluding hydrogens is 261 g/mol. The lowest BCUT2D eigenvalue weighted by molar-refractivity contribution is -0.123. The third-order valence-electron chi connectivity index (χ3n) is 2.30. The molecule has 1 amide bonds. The standard InChI is InChI=1S/C14H12FN3O2/c15-12-3-1-2-4-13(12)20-10-14(19)18-17-9-11-5-7-16-8-6-11/h1-9H,10H2,(H,18,19). The fraction of sp³-hybridized carbons (Fsp3) is 0.0714. The van der Waals surface area contributed by atoms with E-state index in [0.29, 0.717) is 0 Å². The Morgan fingerprint density at radius 3 is 2.80 bits per heavy atom. The predicted octanol–water partition coefficient (Wildman–Crippen LogP) is 1.75. The number of hydrogen-bond acceptors (Lipinski definition) is 4. The molecule has 1 aromatic heterocycles. The third kappa shape index (κ3) is 4.16. The van der Waals surface area contributed by atoms with Crippen LogP contribution in [0.4, 0.5) is 4.39 Å². The van der Waals surface area contributed by atoms with Crippen molar-refractivity contribution in [1.82, 2.24) is 10.4 Å². The second kappa shape index (κ2) is 6.98. The van der Waals surface area contributed by atoms with E-state index in [9.17, 15) is 9.18 Å². The van der Waals surface area contributed by atoms with Gasteiger partial charge in [0.05, 0.1) is 6.21 Å². The monoisotopic (exact) mass is 273 g/mol. The number of rotatable bonds is 5. The number of pyridine rings is 1. The summed E-state index contributed by atoms with van der Waals surface area (Å²) in [6.45, 7) is -0.311. The van der Waals surface area contributed by atoms with Crippen molar-refractivity contribution in [2.45, 2.75) is 0 Å². The van der Waals surface area contributed by atoms with Crippen LogP contribution in [-0.2, 0) is 4.79 Å². The Morgan fingerprint density at radius 1 is 1.30 bits per heavy atom. The van der Waals surface area contributed by atoms with Crippen molar-refractivity contribution in [2.75, 3.05) is 6.61 Å². The Morgan fingerprint density at radius 2 is 2.05 bits per heavy atom. The lowest BCUT2D eigenvalue weighted by Crippen LogP contribution is -2.24. The van der Waals surface area contributed by atoms with E-state index in [1.54, 1.807) is 36.7 Å². The predicted molar refractivity (Wildman–Crippen MR) is 71.9 cm³/mol. The molecule has 1 N–H and O–H groups in total. The molecule has 102 valence electrons. The van der Waals surface area contributed by atoms with Gasteiger partial charge in [-0.3, -0.25) is 9.78 Å². The number of para-hydroxylation sites is 1. The molecule has 5 nitrogen and oxygen atoms in total. The number of amides is 1. The number of hydrazone groups is 1. The molecule has 0 radical (unpaired) electrons. The molecule has 0 fully saturated rings. The highest BCUT2D eigenvalue weighted by molar-refractivity contribution is 5.82. The van der Waals surface area contributed by atoms with Crippen LogP contribution in [-0.4, -0.2) is 23.7 Å². The van der Waals surface area contributed by atoms with E-state index in [1.807, 2.05) is 0 Å². The summed E-state index contributed by atoms with van der Waals surface area (Å²) < 4.78 is 18.3. The van der Waals surface area contributed by atoms with Crippen molar-refractivity contribution in [3.63, 3.8) is 0 Å². The van der Waals surface area contributed by atoms with Gasteiger partial charge in [-0.15, -0.1) is 0 Å². The van der Waals surface area contributed by atoms with E-state index >= 15 is 0 Å². The van der Waals surface area contributed by atoms with Gasteiger partial charge in [0.15, 0.2) is 18.2 Å². The highest BCUT2D eigenvalue weighted by atomic mass is 19.1. The molecule has 6 heteroatoms. The summed E-state index contributed by atoms with van der Waals surface area (Å²) in [6, 6.07) is 9.36. The highest BCUT2D eigenvalue weighted by Gasteiger charge is 2.04. The minimum Gasteiger partial charge on any atom is -0.481 e. The van der Waals surface area contributed by atoms with Gasteiger partial charge in [-0.1, -0.05) is 12.1 Å². The topological polar surface area (TPSA) is 63.6 Å². The number of nitrogens with one attached hydrogen (secondary N) is 1. The van der Waals surface area contributed by atoms with Crippen LogP contribution in [0.1, 0.15) is 5.56 Å². The molecule has 2 rings (SSSR count). The van der Waals surface area contributed by atoms with Gasteiger partial charge < -0.3 is 4.74 Å². The zero-order chi connectivity index (χ0) is 14.2. The number of halogens is 1. The second-order valence-electron chi connectivity index (χ2n) is 3.79. The van der Waals surface area contributed by atoms with Gasteiger partial charge in [0.2, 0.25) is 0 Å². The molecule has 0 aliphatic carbocycles. The zero-order valence-electron chi connectivity index (χ0n) is 10.5. The van der Waals surface area contributed by atoms with Crippen molar-refractivity contribution in [1.29, 1.82) is 0 Å². The first kappa shape index (κ1) is 13.7. The minimum absolute atomic E-state index is 0.0285. The van der Waals surface area contributed by atoms with Crippen molar-refractivity contribution < 1.29 is 13.9 Å². The van der Waals surface area contributed by atoms with Gasteiger partial charge in [0.25, 0.3) is 5.91 Å². The fourth-order valence-corrected chi connectivity index (χ4v) is 1.37. The molecular formula is C14H12FN3O2. The van der Waals surface area contributed by atoms with E-state index in [-0.39, 0.29) is 12.4 Å². The lowest BCUT2D eigenvalue weighted by Gasteiger charge is -2.05. The number of benzene rings is 1. The molecule has 0 saturated heterocycles. The fourth-order valence-electron chi connectivity index (χ4n) is 1.37. The molecule has 0 aliphatic heterocycles. The van der Waals surface area contributed by atoms with Crippen LogP contribution in [0.15, 0.2) is 53.9 Å². The van der Waals surface area contributed by atoms with Crippen LogP contribution in [0.25, 0.3) is 0 Å². The average Bonchev–Trinajstić information content (AvgIpc) is 2.47. The van der Waals surface area contributed by atoms with Crippen molar-refractivity contribution >= 4 is 12.1 Å². The quantitative estimate of drug-likeness (QED) is 0.666. The number of nitrogens with zero attached hydrogens (tertiary/aromatic N) is 2. The summed E-state index contributed by atoms with van der Waals surface area (Å²) in [5.74, 6) is -0.958. The Bertz CT molecular complexity index is 602. The van der Waals surface area contributed by atoms with Crippen LogP contribution >= 0.6 is 0 Å². The lowest BCUT2D eigenvalue weighted by atomic mass is 10.3. The summed E-state index contributed by atoms with van der Waals surface area (Å²) in [4.78, 5) is 15.3. The maximum atomic E-state index is 13.2. The van der Waals surface area contributed by atoms with Gasteiger partial charge in [-0.05, 0) is 29.8 Å². The smallest absolute Gasteiger partial charge is 0.277 e. The number of carbonyl (C=O) groups excluding carboxylic acids is 1. The van der Waals surface area contributed by atoms with Crippen LogP contribution < -0.4 is 10.2 Å². The molecule has 0 aliphatic rings. The largest absolute Gasteiger partial charge is 0.481 e. The molecule has 2 aromatic rings. The molecule has 0 atom stereocenters. The summed E-state index contributed by atoms with van der Waals surface area (Å²) in [5, 5.41) is 3.75. The van der Waals surface area contributed by atoms with E-state index in [0.717, 1.165) is 5.56 Å². The summed E-state index contributed by atoms with van der Waals surface area (Å²) in [7, 11) is 0. The van der Waals surface area contributed by atoms with E-state index in [4.69, 9.17) is 4.74 Å². The molecule has 0 spiro atoms. The minimum atomic E-state index is -0.513. The second-order valence-corrected chi connectivity index (χ2v) is 3.79. The third-order valence-corrected chi connectivity index (χ3v) is 2.30. The molecule has 20 heavy (non-hydrogen) atoms. The van der Waals surface area contributed by atoms with E-state index in [2.05, 4.69) is 15.5 Å². The van der Waals surface area contributed by atoms with Gasteiger partial charge in [0.1, 0.15) is 0 Å². The number of ether oxygens (including phenoxy) is 1. The average molecular weight is 273 g/mol. The molecule has 1 heterocycles. The van der Waals surface area contributed by atoms with E-state index < -0.39 is 11.7 Å². The molecule has 0 bridgehead atoms. The first-order valence-corrected chi connectivity index (χ1v) is 5.85. The normalized spacial score (nSPS) is 10.4. The first-order valence-electron chi connectivity index (χ1n) is 5.85. The SMILES string of the molecule is O=C(COc1ccccc1F)NN=Cc1ccncc1. The highest BCUT2D eigenvalue weighted by Crippen LogP contribution is 2.14. The maximum absolute atomic E-state index is 13.2. The van der Waals surface area contributed by atoms with Crippen LogP contribution in [0.3, 0.4) is 0 Å². The zero-order valence-corrected chi connectivity index (χ0v) is 10.5. The summed E-state index contributed by atoms with van der Waals surface area (Å²) in [5.41, 5.74) is 3.08. The Balaban J connectivity index is 1.79. The molecule has 1 aromatic carbocycles. The molecule has 0 saturated carbocycles. The number of aromatic nitrogens is 1. The Kier molecular flexibility index (Phi) is 4.77. The summed E-state index contributed by atoms with van der Waals surface area (Å²) in [6.07, 6.45) is 4.71. The van der Waals surface area contributed by atoms with Gasteiger partial charge in [-0.2, -0.15) is 5.10 Å². The maximum Gasteiger partial charge on any atom is 0.277 e. The van der Waals surface area contributed by atoms with Crippen LogP contribution in [0.5, 0.6) is 5.75 Å². The Labute approximate surface area is 115 Å². The van der Waals surface area contributed by atoms with Crippen molar-refractivity contribution in [3.05, 3.63) is 60.2 Å². The van der Waals surface area contributed by atoms with Crippen molar-refractivity contribution in [3.8, 4) is 5.75 Å². The first-order chi connectivity index (χ1) is 9.75. The van der Waals surface area contributed by atoms with Gasteiger partial charge >= 0.3 is 0 Å². The number of hydrogen-bond donors (Lipinski definition) is 1. The van der Waals surface area contributed by atoms with Crippen LogP contribution in [0, 0.1) is 5.82 Å².